The molecule has 5 heteroatoms. The van der Waals surface area contributed by atoms with Gasteiger partial charge in [-0.05, 0) is 43.2 Å². The van der Waals surface area contributed by atoms with E-state index in [2.05, 4.69) is 26.2 Å². The molecule has 2 aromatic rings. The molecule has 2 rings (SSSR count). The molecule has 0 bridgehead atoms. The normalized spacial score (nSPS) is 10.4. The Morgan fingerprint density at radius 1 is 1.35 bits per heavy atom. The van der Waals surface area contributed by atoms with E-state index in [1.807, 2.05) is 32.0 Å². The average molecular weight is 354 g/mol. The second kappa shape index (κ2) is 6.37. The summed E-state index contributed by atoms with van der Waals surface area (Å²) >= 11 is 9.33. The molecule has 1 aromatic carbocycles. The van der Waals surface area contributed by atoms with E-state index in [1.165, 1.54) is 0 Å². The Morgan fingerprint density at radius 2 is 2.10 bits per heavy atom. The monoisotopic (exact) mass is 352 g/mol. The minimum atomic E-state index is -0.190. The Balaban J connectivity index is 2.28. The van der Waals surface area contributed by atoms with Crippen LogP contribution in [0, 0.1) is 6.92 Å². The predicted molar refractivity (Wildman–Crippen MR) is 85.5 cm³/mol. The van der Waals surface area contributed by atoms with Gasteiger partial charge in [-0.3, -0.25) is 4.79 Å². The molecular formula is C15H14BrClN2O. The van der Waals surface area contributed by atoms with Gasteiger partial charge in [0.05, 0.1) is 0 Å². The second-order valence-electron chi connectivity index (χ2n) is 4.44. The first-order valence-electron chi connectivity index (χ1n) is 6.23. The van der Waals surface area contributed by atoms with Gasteiger partial charge in [-0.25, -0.2) is 4.98 Å². The van der Waals surface area contributed by atoms with Crippen LogP contribution in [0.2, 0.25) is 5.15 Å². The third kappa shape index (κ3) is 3.58. The number of aromatic nitrogens is 1. The summed E-state index contributed by atoms with van der Waals surface area (Å²) in [6, 6.07) is 9.08. The second-order valence-corrected chi connectivity index (χ2v) is 5.74. The molecule has 0 saturated heterocycles. The lowest BCUT2D eigenvalue weighted by atomic mass is 10.1. The van der Waals surface area contributed by atoms with E-state index in [0.717, 1.165) is 27.8 Å². The summed E-state index contributed by atoms with van der Waals surface area (Å²) < 4.78 is 0.917. The van der Waals surface area contributed by atoms with Crippen LogP contribution in [0.4, 0.5) is 5.69 Å². The van der Waals surface area contributed by atoms with Crippen LogP contribution in [-0.4, -0.2) is 10.9 Å². The quantitative estimate of drug-likeness (QED) is 0.818. The molecule has 1 aromatic heterocycles. The first kappa shape index (κ1) is 15.0. The summed E-state index contributed by atoms with van der Waals surface area (Å²) in [5.41, 5.74) is 3.09. The first-order chi connectivity index (χ1) is 9.49. The van der Waals surface area contributed by atoms with Crippen LogP contribution in [0.15, 0.2) is 34.8 Å². The third-order valence-corrected chi connectivity index (χ3v) is 3.61. The zero-order valence-corrected chi connectivity index (χ0v) is 13.5. The van der Waals surface area contributed by atoms with E-state index in [0.29, 0.717) is 10.7 Å². The highest BCUT2D eigenvalue weighted by Crippen LogP contribution is 2.22. The van der Waals surface area contributed by atoms with Gasteiger partial charge in [0.1, 0.15) is 5.15 Å². The van der Waals surface area contributed by atoms with Crippen LogP contribution in [0.5, 0.6) is 0 Å². The van der Waals surface area contributed by atoms with Gasteiger partial charge < -0.3 is 5.32 Å². The fourth-order valence-electron chi connectivity index (χ4n) is 1.79. The number of halogens is 2. The number of carbonyl (C=O) groups excluding carboxylic acids is 1. The fraction of sp³-hybridized carbons (Fsp3) is 0.200. The van der Waals surface area contributed by atoms with Crippen LogP contribution in [-0.2, 0) is 6.42 Å². The SMILES string of the molecule is CCc1cc(C(=O)Nc2cc(Br)ccc2C)cc(Cl)n1. The van der Waals surface area contributed by atoms with Gasteiger partial charge in [-0.15, -0.1) is 0 Å². The summed E-state index contributed by atoms with van der Waals surface area (Å²) in [6.07, 6.45) is 0.733. The number of pyridine rings is 1. The van der Waals surface area contributed by atoms with Gasteiger partial charge in [0.25, 0.3) is 5.91 Å². The predicted octanol–water partition coefficient (Wildman–Crippen LogP) is 4.62. The van der Waals surface area contributed by atoms with Crippen molar-refractivity contribution in [2.24, 2.45) is 0 Å². The fourth-order valence-corrected chi connectivity index (χ4v) is 2.37. The maximum Gasteiger partial charge on any atom is 0.255 e. The Hall–Kier alpha value is -1.39. The lowest BCUT2D eigenvalue weighted by molar-refractivity contribution is 0.102. The molecule has 0 spiro atoms. The number of anilines is 1. The van der Waals surface area contributed by atoms with E-state index in [9.17, 15) is 4.79 Å². The molecule has 104 valence electrons. The molecule has 0 unspecified atom stereocenters. The van der Waals surface area contributed by atoms with Gasteiger partial charge >= 0.3 is 0 Å². The zero-order valence-electron chi connectivity index (χ0n) is 11.2. The van der Waals surface area contributed by atoms with Gasteiger partial charge in [-0.1, -0.05) is 40.5 Å². The maximum absolute atomic E-state index is 12.3. The number of aryl methyl sites for hydroxylation is 2. The van der Waals surface area contributed by atoms with Gasteiger partial charge in [0, 0.05) is 21.4 Å². The highest BCUT2D eigenvalue weighted by Gasteiger charge is 2.10. The van der Waals surface area contributed by atoms with Crippen molar-refractivity contribution in [2.45, 2.75) is 20.3 Å². The largest absolute Gasteiger partial charge is 0.322 e. The minimum absolute atomic E-state index is 0.190. The van der Waals surface area contributed by atoms with Crippen LogP contribution in [0.25, 0.3) is 0 Å². The standard InChI is InChI=1S/C15H14BrClN2O/c1-3-12-6-10(7-14(17)18-12)15(20)19-13-8-11(16)5-4-9(13)2/h4-8H,3H2,1-2H3,(H,19,20). The molecular weight excluding hydrogens is 340 g/mol. The van der Waals surface area contributed by atoms with Crippen molar-refractivity contribution in [3.8, 4) is 0 Å². The summed E-state index contributed by atoms with van der Waals surface area (Å²) in [5.74, 6) is -0.190. The number of nitrogens with zero attached hydrogens (tertiary/aromatic N) is 1. The van der Waals surface area contributed by atoms with E-state index in [4.69, 9.17) is 11.6 Å². The van der Waals surface area contributed by atoms with E-state index in [1.54, 1.807) is 12.1 Å². The summed E-state index contributed by atoms with van der Waals surface area (Å²) in [6.45, 7) is 3.91. The average Bonchev–Trinajstić information content (AvgIpc) is 2.42. The van der Waals surface area contributed by atoms with Crippen molar-refractivity contribution in [1.82, 2.24) is 4.98 Å². The smallest absolute Gasteiger partial charge is 0.255 e. The number of amides is 1. The number of nitrogens with one attached hydrogen (secondary N) is 1. The summed E-state index contributed by atoms with van der Waals surface area (Å²) in [4.78, 5) is 16.4. The Labute approximate surface area is 131 Å². The number of hydrogen-bond acceptors (Lipinski definition) is 2. The topological polar surface area (TPSA) is 42.0 Å². The molecule has 0 radical (unpaired) electrons. The number of rotatable bonds is 3. The zero-order chi connectivity index (χ0) is 14.7. The van der Waals surface area contributed by atoms with Gasteiger partial charge in [0.2, 0.25) is 0 Å². The summed E-state index contributed by atoms with van der Waals surface area (Å²) in [7, 11) is 0. The van der Waals surface area contributed by atoms with Crippen molar-refractivity contribution < 1.29 is 4.79 Å². The van der Waals surface area contributed by atoms with Crippen molar-refractivity contribution in [1.29, 1.82) is 0 Å². The van der Waals surface area contributed by atoms with Crippen LogP contribution < -0.4 is 5.32 Å². The lowest BCUT2D eigenvalue weighted by Gasteiger charge is -2.10. The van der Waals surface area contributed by atoms with Crippen LogP contribution in [0.1, 0.15) is 28.5 Å². The molecule has 0 aliphatic carbocycles. The Morgan fingerprint density at radius 3 is 2.80 bits per heavy atom. The van der Waals surface area contributed by atoms with Crippen LogP contribution >= 0.6 is 27.5 Å². The molecule has 1 amide bonds. The Bertz CT molecular complexity index is 658. The molecule has 0 atom stereocenters. The molecule has 0 aliphatic rings. The molecule has 0 saturated carbocycles. The van der Waals surface area contributed by atoms with Crippen LogP contribution in [0.3, 0.4) is 0 Å². The van der Waals surface area contributed by atoms with Crippen molar-refractivity contribution >= 4 is 39.1 Å². The lowest BCUT2D eigenvalue weighted by Crippen LogP contribution is -2.13. The third-order valence-electron chi connectivity index (χ3n) is 2.92. The van der Waals surface area contributed by atoms with Gasteiger partial charge in [0.15, 0.2) is 0 Å². The van der Waals surface area contributed by atoms with E-state index >= 15 is 0 Å². The first-order valence-corrected chi connectivity index (χ1v) is 7.40. The van der Waals surface area contributed by atoms with Crippen molar-refractivity contribution in [3.05, 3.63) is 56.8 Å². The minimum Gasteiger partial charge on any atom is -0.322 e. The van der Waals surface area contributed by atoms with E-state index < -0.39 is 0 Å². The summed E-state index contributed by atoms with van der Waals surface area (Å²) in [5, 5.41) is 3.22. The molecule has 0 aliphatic heterocycles. The Kier molecular flexibility index (Phi) is 4.78. The maximum atomic E-state index is 12.3. The number of hydrogen-bond donors (Lipinski definition) is 1. The number of benzene rings is 1. The van der Waals surface area contributed by atoms with E-state index in [-0.39, 0.29) is 5.91 Å². The van der Waals surface area contributed by atoms with Gasteiger partial charge in [-0.2, -0.15) is 0 Å². The molecule has 1 heterocycles. The highest BCUT2D eigenvalue weighted by atomic mass is 79.9. The molecule has 3 nitrogen and oxygen atoms in total. The number of carbonyl (C=O) groups is 1. The molecule has 20 heavy (non-hydrogen) atoms. The highest BCUT2D eigenvalue weighted by molar-refractivity contribution is 9.10. The van der Waals surface area contributed by atoms with Crippen molar-refractivity contribution in [3.63, 3.8) is 0 Å². The molecule has 0 fully saturated rings. The van der Waals surface area contributed by atoms with Crippen molar-refractivity contribution in [2.75, 3.05) is 5.32 Å². The molecule has 1 N–H and O–H groups in total.